The van der Waals surface area contributed by atoms with E-state index in [4.69, 9.17) is 5.26 Å². The molecule has 2 aromatic carbocycles. The summed E-state index contributed by atoms with van der Waals surface area (Å²) in [6, 6.07) is 20.1. The Morgan fingerprint density at radius 1 is 1.15 bits per heavy atom. The standard InChI is InChI=1S/C21H18N4O/c22-11-6-12-25-14-18(16-9-4-5-10-20(16)25)17-13-19(23-24-21(17)26)15-7-2-1-3-8-15/h1-5,7-10,14,17H,6,12-13H2,(H,24,26)/t17-/m1/s1. The zero-order valence-electron chi connectivity index (χ0n) is 14.2. The SMILES string of the molecule is N#CCCn1cc([C@H]2CC(c3ccccc3)=NNC2=O)c2ccccc21. The minimum atomic E-state index is -0.295. The van der Waals surface area contributed by atoms with Crippen molar-refractivity contribution in [3.8, 4) is 6.07 Å². The molecule has 1 aliphatic heterocycles. The van der Waals surface area contributed by atoms with Crippen LogP contribution in [0, 0.1) is 11.3 Å². The molecular weight excluding hydrogens is 324 g/mol. The lowest BCUT2D eigenvalue weighted by atomic mass is 9.89. The highest BCUT2D eigenvalue weighted by atomic mass is 16.2. The third kappa shape index (κ3) is 2.86. The molecule has 0 fully saturated rings. The fraction of sp³-hybridized carbons (Fsp3) is 0.190. The molecule has 1 amide bonds. The first-order valence-corrected chi connectivity index (χ1v) is 8.64. The Hall–Kier alpha value is -3.39. The second-order valence-electron chi connectivity index (χ2n) is 6.36. The van der Waals surface area contributed by atoms with Crippen molar-refractivity contribution in [1.82, 2.24) is 9.99 Å². The molecule has 1 atom stereocenters. The topological polar surface area (TPSA) is 70.2 Å². The molecule has 0 saturated carbocycles. The summed E-state index contributed by atoms with van der Waals surface area (Å²) in [5.41, 5.74) is 6.62. The number of benzene rings is 2. The van der Waals surface area contributed by atoms with Crippen molar-refractivity contribution in [2.24, 2.45) is 5.10 Å². The molecule has 3 aromatic rings. The number of rotatable bonds is 4. The summed E-state index contributed by atoms with van der Waals surface area (Å²) in [4.78, 5) is 12.6. The second-order valence-corrected chi connectivity index (χ2v) is 6.36. The molecule has 0 radical (unpaired) electrons. The Labute approximate surface area is 151 Å². The largest absolute Gasteiger partial charge is 0.346 e. The Morgan fingerprint density at radius 3 is 2.73 bits per heavy atom. The van der Waals surface area contributed by atoms with Crippen LogP contribution in [0.25, 0.3) is 10.9 Å². The maximum Gasteiger partial charge on any atom is 0.248 e. The Balaban J connectivity index is 1.74. The average molecular weight is 342 g/mol. The van der Waals surface area contributed by atoms with Crippen LogP contribution in [0.4, 0.5) is 0 Å². The van der Waals surface area contributed by atoms with Crippen LogP contribution in [-0.4, -0.2) is 16.2 Å². The summed E-state index contributed by atoms with van der Waals surface area (Å²) in [6.45, 7) is 0.616. The average Bonchev–Trinajstić information content (AvgIpc) is 3.06. The first-order valence-electron chi connectivity index (χ1n) is 8.64. The fourth-order valence-electron chi connectivity index (χ4n) is 3.50. The van der Waals surface area contributed by atoms with Crippen LogP contribution in [0.3, 0.4) is 0 Å². The van der Waals surface area contributed by atoms with E-state index in [2.05, 4.69) is 21.2 Å². The lowest BCUT2D eigenvalue weighted by molar-refractivity contribution is -0.122. The molecule has 5 heteroatoms. The normalized spacial score (nSPS) is 16.8. The number of hydrazone groups is 1. The predicted molar refractivity (Wildman–Crippen MR) is 101 cm³/mol. The van der Waals surface area contributed by atoms with Crippen molar-refractivity contribution < 1.29 is 4.79 Å². The first kappa shape index (κ1) is 16.1. The van der Waals surface area contributed by atoms with Gasteiger partial charge in [-0.05, 0) is 17.2 Å². The number of aromatic nitrogens is 1. The van der Waals surface area contributed by atoms with Crippen molar-refractivity contribution in [2.45, 2.75) is 25.3 Å². The number of nitriles is 1. The van der Waals surface area contributed by atoms with Gasteiger partial charge >= 0.3 is 0 Å². The maximum absolute atomic E-state index is 12.6. The number of amides is 1. The molecule has 0 bridgehead atoms. The second kappa shape index (κ2) is 6.85. The summed E-state index contributed by atoms with van der Waals surface area (Å²) in [6.07, 6.45) is 3.01. The number of carbonyl (C=O) groups excluding carboxylic acids is 1. The van der Waals surface area contributed by atoms with Gasteiger partial charge in [-0.3, -0.25) is 4.79 Å². The Kier molecular flexibility index (Phi) is 4.24. The van der Waals surface area contributed by atoms with Crippen molar-refractivity contribution in [1.29, 1.82) is 5.26 Å². The summed E-state index contributed by atoms with van der Waals surface area (Å²) in [5, 5.41) is 14.2. The molecule has 4 rings (SSSR count). The highest BCUT2D eigenvalue weighted by molar-refractivity contribution is 6.07. The lowest BCUT2D eigenvalue weighted by Crippen LogP contribution is -2.33. The number of aryl methyl sites for hydroxylation is 1. The van der Waals surface area contributed by atoms with Gasteiger partial charge in [0.25, 0.3) is 0 Å². The quantitative estimate of drug-likeness (QED) is 0.787. The van der Waals surface area contributed by atoms with E-state index in [9.17, 15) is 4.79 Å². The number of hydrogen-bond donors (Lipinski definition) is 1. The zero-order chi connectivity index (χ0) is 17.9. The van der Waals surface area contributed by atoms with Crippen LogP contribution in [0.5, 0.6) is 0 Å². The summed E-state index contributed by atoms with van der Waals surface area (Å²) in [5.74, 6) is -0.385. The van der Waals surface area contributed by atoms with Crippen LogP contribution >= 0.6 is 0 Å². The van der Waals surface area contributed by atoms with Crippen LogP contribution in [0.1, 0.15) is 29.9 Å². The van der Waals surface area contributed by atoms with Crippen molar-refractivity contribution in [3.63, 3.8) is 0 Å². The van der Waals surface area contributed by atoms with Gasteiger partial charge in [-0.2, -0.15) is 10.4 Å². The molecular formula is C21H18N4O. The Morgan fingerprint density at radius 2 is 1.92 bits per heavy atom. The van der Waals surface area contributed by atoms with Crippen LogP contribution < -0.4 is 5.43 Å². The molecule has 0 saturated heterocycles. The minimum absolute atomic E-state index is 0.0899. The lowest BCUT2D eigenvalue weighted by Gasteiger charge is -2.21. The molecule has 1 aliphatic rings. The molecule has 0 aliphatic carbocycles. The van der Waals surface area contributed by atoms with E-state index in [0.29, 0.717) is 19.4 Å². The van der Waals surface area contributed by atoms with Gasteiger partial charge in [0.1, 0.15) is 0 Å². The molecule has 1 aromatic heterocycles. The number of hydrogen-bond acceptors (Lipinski definition) is 3. The van der Waals surface area contributed by atoms with Crippen LogP contribution in [0.2, 0.25) is 0 Å². The third-order valence-corrected chi connectivity index (χ3v) is 4.78. The van der Waals surface area contributed by atoms with Crippen molar-refractivity contribution in [2.75, 3.05) is 0 Å². The van der Waals surface area contributed by atoms with Gasteiger partial charge in [-0.15, -0.1) is 0 Å². The van der Waals surface area contributed by atoms with Crippen molar-refractivity contribution in [3.05, 3.63) is 71.9 Å². The summed E-state index contributed by atoms with van der Waals surface area (Å²) >= 11 is 0. The van der Waals surface area contributed by atoms with Gasteiger partial charge in [0.15, 0.2) is 0 Å². The van der Waals surface area contributed by atoms with E-state index in [1.54, 1.807) is 0 Å². The number of carbonyl (C=O) groups is 1. The summed E-state index contributed by atoms with van der Waals surface area (Å²) < 4.78 is 2.06. The van der Waals surface area contributed by atoms with E-state index in [1.165, 1.54) is 0 Å². The molecule has 2 heterocycles. The van der Waals surface area contributed by atoms with E-state index < -0.39 is 0 Å². The van der Waals surface area contributed by atoms with Crippen molar-refractivity contribution >= 4 is 22.5 Å². The minimum Gasteiger partial charge on any atom is -0.346 e. The molecule has 26 heavy (non-hydrogen) atoms. The van der Waals surface area contributed by atoms with Crippen LogP contribution in [-0.2, 0) is 11.3 Å². The maximum atomic E-state index is 12.6. The molecule has 128 valence electrons. The van der Waals surface area contributed by atoms with Gasteiger partial charge < -0.3 is 4.57 Å². The third-order valence-electron chi connectivity index (χ3n) is 4.78. The van der Waals surface area contributed by atoms with E-state index in [-0.39, 0.29) is 11.8 Å². The van der Waals surface area contributed by atoms with E-state index >= 15 is 0 Å². The fourth-order valence-corrected chi connectivity index (χ4v) is 3.50. The number of nitrogens with zero attached hydrogens (tertiary/aromatic N) is 3. The van der Waals surface area contributed by atoms with Gasteiger partial charge in [-0.25, -0.2) is 5.43 Å². The van der Waals surface area contributed by atoms with Crippen LogP contribution in [0.15, 0.2) is 65.9 Å². The predicted octanol–water partition coefficient (Wildman–Crippen LogP) is 3.56. The van der Waals surface area contributed by atoms with E-state index in [1.807, 2.05) is 60.8 Å². The Bertz CT molecular complexity index is 1030. The molecule has 0 spiro atoms. The highest BCUT2D eigenvalue weighted by Crippen LogP contribution is 2.32. The smallest absolute Gasteiger partial charge is 0.248 e. The molecule has 5 nitrogen and oxygen atoms in total. The molecule has 1 N–H and O–H groups in total. The first-order chi connectivity index (χ1) is 12.8. The van der Waals surface area contributed by atoms with Gasteiger partial charge in [-0.1, -0.05) is 48.5 Å². The molecule has 0 unspecified atom stereocenters. The monoisotopic (exact) mass is 342 g/mol. The number of para-hydroxylation sites is 1. The van der Waals surface area contributed by atoms with Gasteiger partial charge in [0, 0.05) is 30.1 Å². The zero-order valence-corrected chi connectivity index (χ0v) is 14.2. The number of nitrogens with one attached hydrogen (secondary N) is 1. The van der Waals surface area contributed by atoms with E-state index in [0.717, 1.165) is 27.7 Å². The highest BCUT2D eigenvalue weighted by Gasteiger charge is 2.29. The van der Waals surface area contributed by atoms with Gasteiger partial charge in [0.05, 0.1) is 24.1 Å². The number of fused-ring (bicyclic) bond motifs is 1. The summed E-state index contributed by atoms with van der Waals surface area (Å²) in [7, 11) is 0. The van der Waals surface area contributed by atoms with Gasteiger partial charge in [0.2, 0.25) is 5.91 Å².